The van der Waals surface area contributed by atoms with Gasteiger partial charge in [0.25, 0.3) is 0 Å². The number of rotatable bonds is 13. The molecule has 38 heavy (non-hydrogen) atoms. The molecule has 1 aliphatic carbocycles. The minimum atomic E-state index is -3.53. The molecule has 0 saturated heterocycles. The average molecular weight is 541 g/mol. The van der Waals surface area contributed by atoms with Crippen LogP contribution in [-0.2, 0) is 29.5 Å². The van der Waals surface area contributed by atoms with Gasteiger partial charge in [-0.05, 0) is 72.7 Å². The summed E-state index contributed by atoms with van der Waals surface area (Å²) in [5, 5.41) is 13.8. The summed E-state index contributed by atoms with van der Waals surface area (Å²) in [6.45, 7) is 1.59. The Labute approximate surface area is 225 Å². The first kappa shape index (κ1) is 27.8. The molecule has 0 spiro atoms. The Morgan fingerprint density at radius 1 is 1.00 bits per heavy atom. The summed E-state index contributed by atoms with van der Waals surface area (Å²) in [5.74, 6) is 2.23. The number of hydrogen-bond donors (Lipinski definition) is 3. The van der Waals surface area contributed by atoms with Crippen molar-refractivity contribution in [3.05, 3.63) is 83.4 Å². The molecule has 1 unspecified atom stereocenters. The topological polar surface area (TPSA) is 106 Å². The lowest BCUT2D eigenvalue weighted by molar-refractivity contribution is 0.105. The first-order chi connectivity index (χ1) is 18.3. The van der Waals surface area contributed by atoms with E-state index in [0.29, 0.717) is 30.6 Å². The Balaban J connectivity index is 1.25. The van der Waals surface area contributed by atoms with Crippen molar-refractivity contribution < 1.29 is 27.7 Å². The fourth-order valence-corrected chi connectivity index (χ4v) is 5.11. The van der Waals surface area contributed by atoms with Crippen LogP contribution >= 0.6 is 0 Å². The molecule has 3 aromatic carbocycles. The molecule has 3 aromatic rings. The molecular weight excluding hydrogens is 504 g/mol. The Bertz CT molecular complexity index is 1300. The maximum atomic E-state index is 11.9. The maximum absolute atomic E-state index is 11.9. The van der Waals surface area contributed by atoms with E-state index in [1.165, 1.54) is 11.1 Å². The highest BCUT2D eigenvalue weighted by Gasteiger charge is 2.19. The van der Waals surface area contributed by atoms with Crippen molar-refractivity contribution in [2.75, 3.05) is 37.8 Å². The molecule has 2 atom stereocenters. The fraction of sp³-hybridized carbons (Fsp3) is 0.379. The van der Waals surface area contributed by atoms with Gasteiger partial charge >= 0.3 is 0 Å². The monoisotopic (exact) mass is 540 g/mol. The van der Waals surface area contributed by atoms with Gasteiger partial charge < -0.3 is 24.6 Å². The number of sulfonamides is 1. The van der Waals surface area contributed by atoms with Crippen molar-refractivity contribution in [1.29, 1.82) is 0 Å². The number of aryl methyl sites for hydroxylation is 1. The molecule has 1 aliphatic rings. The molecule has 204 valence electrons. The van der Waals surface area contributed by atoms with Crippen LogP contribution in [0.2, 0.25) is 0 Å². The van der Waals surface area contributed by atoms with E-state index >= 15 is 0 Å². The number of aliphatic hydroxyl groups excluding tert-OH is 1. The third-order valence-corrected chi connectivity index (χ3v) is 7.07. The number of hydrogen-bond acceptors (Lipinski definition) is 7. The van der Waals surface area contributed by atoms with E-state index in [2.05, 4.69) is 22.2 Å². The summed E-state index contributed by atoms with van der Waals surface area (Å²) < 4.78 is 43.2. The highest BCUT2D eigenvalue weighted by molar-refractivity contribution is 7.92. The van der Waals surface area contributed by atoms with E-state index in [1.807, 2.05) is 36.4 Å². The molecule has 4 rings (SSSR count). The second-order valence-electron chi connectivity index (χ2n) is 9.67. The van der Waals surface area contributed by atoms with Gasteiger partial charge in [-0.1, -0.05) is 36.4 Å². The lowest BCUT2D eigenvalue weighted by atomic mass is 9.84. The van der Waals surface area contributed by atoms with Gasteiger partial charge in [0.15, 0.2) is 0 Å². The summed E-state index contributed by atoms with van der Waals surface area (Å²) >= 11 is 0. The van der Waals surface area contributed by atoms with Crippen molar-refractivity contribution in [3.8, 4) is 17.2 Å². The van der Waals surface area contributed by atoms with Crippen molar-refractivity contribution in [2.24, 2.45) is 5.92 Å². The number of anilines is 1. The van der Waals surface area contributed by atoms with E-state index in [0.717, 1.165) is 43.4 Å². The molecule has 9 heteroatoms. The summed E-state index contributed by atoms with van der Waals surface area (Å²) in [5.41, 5.74) is 3.97. The van der Waals surface area contributed by atoms with Crippen molar-refractivity contribution in [1.82, 2.24) is 5.32 Å². The lowest BCUT2D eigenvalue weighted by Crippen LogP contribution is -2.35. The van der Waals surface area contributed by atoms with Crippen LogP contribution in [0.15, 0.2) is 66.7 Å². The van der Waals surface area contributed by atoms with Crippen LogP contribution in [0.3, 0.4) is 0 Å². The van der Waals surface area contributed by atoms with E-state index < -0.39 is 16.1 Å². The standard InChI is InChI=1S/C29H36N2O6S/c1-35-26-11-10-23-14-22(8-9-24(23)15-26)17-30-18-25(32)20-36-27-12-13-29(28(16-27)31-38(2,33)34)37-19-21-6-4-3-5-7-21/h3-7,10-13,15-16,22,25,30-32H,8-9,14,17-20H2,1-2H3/t22?,25-/m1/s1. The normalized spacial score (nSPS) is 15.8. The second kappa shape index (κ2) is 13.0. The Kier molecular flexibility index (Phi) is 9.49. The Hall–Kier alpha value is -3.27. The van der Waals surface area contributed by atoms with Crippen molar-refractivity contribution in [2.45, 2.75) is 32.0 Å². The van der Waals surface area contributed by atoms with E-state index in [9.17, 15) is 13.5 Å². The number of ether oxygens (including phenoxy) is 3. The highest BCUT2D eigenvalue weighted by Crippen LogP contribution is 2.31. The second-order valence-corrected chi connectivity index (χ2v) is 11.4. The lowest BCUT2D eigenvalue weighted by Gasteiger charge is -2.25. The van der Waals surface area contributed by atoms with Gasteiger partial charge in [-0.15, -0.1) is 0 Å². The number of aliphatic hydroxyl groups is 1. The SMILES string of the molecule is COc1ccc2c(c1)CCC(CNC[C@@H](O)COc1ccc(OCc3ccccc3)c(NS(C)(=O)=O)c1)C2. The fourth-order valence-electron chi connectivity index (χ4n) is 4.55. The summed E-state index contributed by atoms with van der Waals surface area (Å²) in [6.07, 6.45) is 3.50. The van der Waals surface area contributed by atoms with Gasteiger partial charge in [0.1, 0.15) is 36.6 Å². The maximum Gasteiger partial charge on any atom is 0.229 e. The molecule has 0 aromatic heterocycles. The van der Waals surface area contributed by atoms with E-state index in [4.69, 9.17) is 14.2 Å². The number of nitrogens with one attached hydrogen (secondary N) is 2. The number of fused-ring (bicyclic) bond motifs is 1. The molecule has 3 N–H and O–H groups in total. The third-order valence-electron chi connectivity index (χ3n) is 6.48. The molecule has 0 amide bonds. The van der Waals surface area contributed by atoms with Gasteiger partial charge in [0.05, 0.1) is 19.1 Å². The molecule has 0 heterocycles. The van der Waals surface area contributed by atoms with Gasteiger partial charge in [-0.2, -0.15) is 0 Å². The minimum Gasteiger partial charge on any atom is -0.497 e. The number of methoxy groups -OCH3 is 1. The molecule has 0 saturated carbocycles. The zero-order chi connectivity index (χ0) is 27.0. The molecular formula is C29H36N2O6S. The predicted octanol–water partition coefficient (Wildman–Crippen LogP) is 3.78. The van der Waals surface area contributed by atoms with Gasteiger partial charge in [0, 0.05) is 12.6 Å². The number of benzene rings is 3. The quantitative estimate of drug-likeness (QED) is 0.303. The van der Waals surface area contributed by atoms with Gasteiger partial charge in [0.2, 0.25) is 10.0 Å². The van der Waals surface area contributed by atoms with Crippen LogP contribution in [0.25, 0.3) is 0 Å². The molecule has 8 nitrogen and oxygen atoms in total. The Morgan fingerprint density at radius 3 is 2.55 bits per heavy atom. The highest BCUT2D eigenvalue weighted by atomic mass is 32.2. The molecule has 0 aliphatic heterocycles. The van der Waals surface area contributed by atoms with Crippen LogP contribution in [0.5, 0.6) is 17.2 Å². The van der Waals surface area contributed by atoms with Crippen LogP contribution in [0, 0.1) is 5.92 Å². The van der Waals surface area contributed by atoms with Crippen LogP contribution in [0.4, 0.5) is 5.69 Å². The molecule has 0 fully saturated rings. The summed E-state index contributed by atoms with van der Waals surface area (Å²) in [7, 11) is -1.84. The summed E-state index contributed by atoms with van der Waals surface area (Å²) in [6, 6.07) is 20.8. The first-order valence-electron chi connectivity index (χ1n) is 12.7. The predicted molar refractivity (Wildman–Crippen MR) is 149 cm³/mol. The van der Waals surface area contributed by atoms with E-state index in [-0.39, 0.29) is 12.3 Å². The van der Waals surface area contributed by atoms with Crippen molar-refractivity contribution in [3.63, 3.8) is 0 Å². The Morgan fingerprint density at radius 2 is 1.79 bits per heavy atom. The largest absolute Gasteiger partial charge is 0.497 e. The smallest absolute Gasteiger partial charge is 0.229 e. The van der Waals surface area contributed by atoms with Crippen molar-refractivity contribution >= 4 is 15.7 Å². The average Bonchev–Trinajstić information content (AvgIpc) is 2.90. The first-order valence-corrected chi connectivity index (χ1v) is 14.6. The zero-order valence-corrected chi connectivity index (χ0v) is 22.7. The van der Waals surface area contributed by atoms with Gasteiger partial charge in [-0.25, -0.2) is 8.42 Å². The zero-order valence-electron chi connectivity index (χ0n) is 21.9. The minimum absolute atomic E-state index is 0.0723. The van der Waals surface area contributed by atoms with Gasteiger partial charge in [-0.3, -0.25) is 4.72 Å². The molecule has 0 bridgehead atoms. The summed E-state index contributed by atoms with van der Waals surface area (Å²) in [4.78, 5) is 0. The molecule has 0 radical (unpaired) electrons. The third kappa shape index (κ3) is 8.37. The van der Waals surface area contributed by atoms with Crippen LogP contribution in [-0.4, -0.2) is 52.7 Å². The van der Waals surface area contributed by atoms with Crippen LogP contribution < -0.4 is 24.2 Å². The van der Waals surface area contributed by atoms with Crippen LogP contribution in [0.1, 0.15) is 23.1 Å². The van der Waals surface area contributed by atoms with E-state index in [1.54, 1.807) is 25.3 Å².